The fourth-order valence-corrected chi connectivity index (χ4v) is 4.58. The van der Waals surface area contributed by atoms with Gasteiger partial charge in [0.05, 0.1) is 13.3 Å². The summed E-state index contributed by atoms with van der Waals surface area (Å²) in [6.07, 6.45) is 3.35. The minimum atomic E-state index is -0.778. The summed E-state index contributed by atoms with van der Waals surface area (Å²) < 4.78 is 34.8. The maximum absolute atomic E-state index is 14.7. The van der Waals surface area contributed by atoms with E-state index in [1.807, 2.05) is 38.1 Å². The van der Waals surface area contributed by atoms with Crippen LogP contribution in [0.15, 0.2) is 88.7 Å². The molecule has 1 aliphatic rings. The van der Waals surface area contributed by atoms with Gasteiger partial charge in [-0.25, -0.2) is 8.78 Å². The molecular weight excluding hydrogens is 507 g/mol. The van der Waals surface area contributed by atoms with Crippen molar-refractivity contribution < 1.29 is 35.4 Å². The molecule has 1 unspecified atom stereocenters. The Bertz CT molecular complexity index is 1290. The van der Waals surface area contributed by atoms with Gasteiger partial charge in [0.25, 0.3) is 0 Å². The van der Waals surface area contributed by atoms with Crippen LogP contribution in [0.4, 0.5) is 14.5 Å². The molecule has 8 heteroatoms. The van der Waals surface area contributed by atoms with Crippen LogP contribution in [-0.4, -0.2) is 30.9 Å². The van der Waals surface area contributed by atoms with E-state index >= 15 is 0 Å². The first-order valence-electron chi connectivity index (χ1n) is 11.3. The summed E-state index contributed by atoms with van der Waals surface area (Å²) in [5, 5.41) is 18.1. The van der Waals surface area contributed by atoms with E-state index in [4.69, 9.17) is 4.74 Å². The zero-order chi connectivity index (χ0) is 25.0. The van der Waals surface area contributed by atoms with Gasteiger partial charge >= 0.3 is 0 Å². The summed E-state index contributed by atoms with van der Waals surface area (Å²) >= 11 is 0. The topological polar surface area (TPSA) is 57.4 Å². The number of likely N-dealkylation sites (N-methyl/N-ethyl adjacent to an activating group) is 1. The largest absolute Gasteiger partial charge is 0.497 e. The fraction of sp³-hybridized carbons (Fsp3) is 0.214. The predicted octanol–water partition coefficient (Wildman–Crippen LogP) is 6.19. The molecule has 5 nitrogen and oxygen atoms in total. The summed E-state index contributed by atoms with van der Waals surface area (Å²) in [5.41, 5.74) is 2.43. The standard InChI is InChI=1S/C28H27F2N3O2.Co/c1-4-33-25-14-13-20(35-3)17-22(25)28(2,18-21-23(29)11-8-12-24(21)30)26(33)15-16-31-32-27(34)19-9-6-5-7-10-19;/h5-17H,4,18H2,1-3H3,(H,32,34);/b26-15-,31-16+;. The number of allylic oxidation sites excluding steroid dienone is 2. The molecule has 36 heavy (non-hydrogen) atoms. The van der Waals surface area contributed by atoms with Gasteiger partial charge < -0.3 is 14.7 Å². The first-order valence-corrected chi connectivity index (χ1v) is 11.3. The van der Waals surface area contributed by atoms with Gasteiger partial charge in [0.1, 0.15) is 17.4 Å². The van der Waals surface area contributed by atoms with E-state index in [0.717, 1.165) is 16.9 Å². The Kier molecular flexibility index (Phi) is 8.65. The van der Waals surface area contributed by atoms with Crippen molar-refractivity contribution in [2.45, 2.75) is 25.7 Å². The maximum Gasteiger partial charge on any atom is 0.238 e. The number of aliphatic hydroxyl groups is 1. The zero-order valence-electron chi connectivity index (χ0n) is 20.2. The van der Waals surface area contributed by atoms with E-state index in [1.165, 1.54) is 24.4 Å². The number of nitrogens with zero attached hydrogens (tertiary/aromatic N) is 3. The average molecular weight is 534 g/mol. The summed E-state index contributed by atoms with van der Waals surface area (Å²) in [4.78, 5) is 2.08. The van der Waals surface area contributed by atoms with Crippen molar-refractivity contribution >= 4 is 17.8 Å². The summed E-state index contributed by atoms with van der Waals surface area (Å²) in [5.74, 6) is -0.720. The summed E-state index contributed by atoms with van der Waals surface area (Å²) in [6, 6.07) is 18.5. The van der Waals surface area contributed by atoms with E-state index in [1.54, 1.807) is 37.5 Å². The Morgan fingerprint density at radius 1 is 1.06 bits per heavy atom. The minimum Gasteiger partial charge on any atom is -0.497 e. The number of hydrogen-bond acceptors (Lipinski definition) is 4. The van der Waals surface area contributed by atoms with Crippen LogP contribution in [0.1, 0.15) is 30.5 Å². The van der Waals surface area contributed by atoms with Crippen LogP contribution in [-0.2, 0) is 28.6 Å². The van der Waals surface area contributed by atoms with Gasteiger partial charge in [-0.15, -0.1) is 5.10 Å². The summed E-state index contributed by atoms with van der Waals surface area (Å²) in [6.45, 7) is 4.60. The third-order valence-electron chi connectivity index (χ3n) is 6.34. The Hall–Kier alpha value is -3.49. The van der Waals surface area contributed by atoms with Crippen LogP contribution < -0.4 is 9.64 Å². The number of ether oxygens (including phenoxy) is 1. The fourth-order valence-electron chi connectivity index (χ4n) is 4.58. The molecule has 3 aromatic rings. The van der Waals surface area contributed by atoms with E-state index in [2.05, 4.69) is 15.1 Å². The smallest absolute Gasteiger partial charge is 0.238 e. The quantitative estimate of drug-likeness (QED) is 0.224. The molecule has 0 amide bonds. The molecule has 1 radical (unpaired) electrons. The molecule has 0 spiro atoms. The second kappa shape index (κ2) is 11.5. The van der Waals surface area contributed by atoms with Gasteiger partial charge in [0, 0.05) is 51.2 Å². The minimum absolute atomic E-state index is 0. The third-order valence-corrected chi connectivity index (χ3v) is 6.34. The predicted molar refractivity (Wildman–Crippen MR) is 136 cm³/mol. The molecule has 3 aromatic carbocycles. The molecule has 189 valence electrons. The average Bonchev–Trinajstić information content (AvgIpc) is 3.11. The molecule has 1 heterocycles. The third kappa shape index (κ3) is 5.19. The molecule has 1 N–H and O–H groups in total. The number of hydrogen-bond donors (Lipinski definition) is 1. The molecule has 0 aromatic heterocycles. The van der Waals surface area contributed by atoms with Crippen molar-refractivity contribution in [3.8, 4) is 5.75 Å². The number of anilines is 1. The number of fused-ring (bicyclic) bond motifs is 1. The number of aliphatic hydroxyl groups excluding tert-OH is 1. The second-order valence-corrected chi connectivity index (χ2v) is 8.44. The van der Waals surface area contributed by atoms with Crippen LogP contribution in [0.2, 0.25) is 0 Å². The van der Waals surface area contributed by atoms with Crippen LogP contribution in [0.5, 0.6) is 5.75 Å². The number of rotatable bonds is 7. The van der Waals surface area contributed by atoms with E-state index in [-0.39, 0.29) is 34.7 Å². The van der Waals surface area contributed by atoms with Crippen molar-refractivity contribution in [2.24, 2.45) is 10.2 Å². The van der Waals surface area contributed by atoms with Gasteiger partial charge in [-0.1, -0.05) is 24.3 Å². The molecule has 0 saturated heterocycles. The van der Waals surface area contributed by atoms with Crippen LogP contribution >= 0.6 is 0 Å². The molecular formula is C28H27CoF2N3O2. The molecule has 0 saturated carbocycles. The molecule has 1 aliphatic heterocycles. The van der Waals surface area contributed by atoms with Gasteiger partial charge in [-0.05, 0) is 74.4 Å². The van der Waals surface area contributed by atoms with Crippen molar-refractivity contribution in [1.82, 2.24) is 0 Å². The maximum atomic E-state index is 14.7. The molecule has 4 rings (SSSR count). The Morgan fingerprint density at radius 3 is 2.39 bits per heavy atom. The van der Waals surface area contributed by atoms with Gasteiger partial charge in [-0.2, -0.15) is 5.10 Å². The SMILES string of the molecule is CCN1\C(=C/C=N/N=C(\O)c2ccccc2)C(C)(Cc2c(F)cccc2F)c2cc(OC)ccc21.[Co]. The molecule has 1 atom stereocenters. The zero-order valence-corrected chi connectivity index (χ0v) is 21.2. The van der Waals surface area contributed by atoms with Crippen LogP contribution in [0.3, 0.4) is 0 Å². The normalized spacial score (nSPS) is 18.4. The van der Waals surface area contributed by atoms with E-state index in [9.17, 15) is 13.9 Å². The van der Waals surface area contributed by atoms with Crippen molar-refractivity contribution in [2.75, 3.05) is 18.6 Å². The molecule has 0 bridgehead atoms. The number of halogens is 2. The number of methoxy groups -OCH3 is 1. The van der Waals surface area contributed by atoms with Crippen molar-refractivity contribution in [1.29, 1.82) is 0 Å². The first-order chi connectivity index (χ1) is 16.9. The van der Waals surface area contributed by atoms with Gasteiger partial charge in [0.15, 0.2) is 0 Å². The van der Waals surface area contributed by atoms with Crippen LogP contribution in [0, 0.1) is 11.6 Å². The van der Waals surface area contributed by atoms with E-state index < -0.39 is 17.0 Å². The Balaban J connectivity index is 0.00000361. The Labute approximate surface area is 220 Å². The van der Waals surface area contributed by atoms with Gasteiger partial charge in [-0.3, -0.25) is 0 Å². The van der Waals surface area contributed by atoms with Gasteiger partial charge in [0.2, 0.25) is 5.90 Å². The number of benzene rings is 3. The van der Waals surface area contributed by atoms with E-state index in [0.29, 0.717) is 17.9 Å². The van der Waals surface area contributed by atoms with Crippen LogP contribution in [0.25, 0.3) is 0 Å². The van der Waals surface area contributed by atoms with Crippen molar-refractivity contribution in [3.63, 3.8) is 0 Å². The summed E-state index contributed by atoms with van der Waals surface area (Å²) in [7, 11) is 1.59. The molecule has 0 aliphatic carbocycles. The first kappa shape index (κ1) is 27.1. The second-order valence-electron chi connectivity index (χ2n) is 8.44. The molecule has 0 fully saturated rings. The van der Waals surface area contributed by atoms with Crippen molar-refractivity contribution in [3.05, 3.63) is 107 Å². The Morgan fingerprint density at radius 2 is 1.75 bits per heavy atom. The monoisotopic (exact) mass is 534 g/mol.